The Morgan fingerprint density at radius 1 is 1.12 bits per heavy atom. The van der Waals surface area contributed by atoms with Gasteiger partial charge in [0, 0.05) is 30.8 Å². The standard InChI is InChI=1S/C19H19N5O2/c1-2-26-18(25)15-5-7-16(8-6-15)23-19-21-11-9-17(24-19)22-13-14-4-3-10-20-12-14/h3-12H,2,13H2,1H3,(H2,21,22,23,24). The molecule has 2 aromatic heterocycles. The molecule has 2 heterocycles. The summed E-state index contributed by atoms with van der Waals surface area (Å²) in [4.78, 5) is 24.4. The van der Waals surface area contributed by atoms with Crippen molar-refractivity contribution >= 4 is 23.4 Å². The number of benzene rings is 1. The zero-order valence-corrected chi connectivity index (χ0v) is 14.3. The first-order valence-corrected chi connectivity index (χ1v) is 8.24. The minimum absolute atomic E-state index is 0.336. The molecule has 132 valence electrons. The van der Waals surface area contributed by atoms with Crippen molar-refractivity contribution in [3.8, 4) is 0 Å². The van der Waals surface area contributed by atoms with E-state index in [0.29, 0.717) is 30.5 Å². The average Bonchev–Trinajstić information content (AvgIpc) is 2.68. The van der Waals surface area contributed by atoms with Crippen molar-refractivity contribution in [2.45, 2.75) is 13.5 Å². The van der Waals surface area contributed by atoms with Gasteiger partial charge in [-0.25, -0.2) is 9.78 Å². The Morgan fingerprint density at radius 3 is 2.69 bits per heavy atom. The first-order valence-electron chi connectivity index (χ1n) is 8.24. The van der Waals surface area contributed by atoms with Crippen molar-refractivity contribution in [3.63, 3.8) is 0 Å². The average molecular weight is 349 g/mol. The summed E-state index contributed by atoms with van der Waals surface area (Å²) in [5, 5.41) is 6.35. The molecule has 2 N–H and O–H groups in total. The highest BCUT2D eigenvalue weighted by atomic mass is 16.5. The minimum atomic E-state index is -0.336. The van der Waals surface area contributed by atoms with Crippen LogP contribution >= 0.6 is 0 Å². The molecule has 0 aliphatic rings. The molecule has 0 amide bonds. The first kappa shape index (κ1) is 17.3. The van der Waals surface area contributed by atoms with E-state index in [2.05, 4.69) is 25.6 Å². The SMILES string of the molecule is CCOC(=O)c1ccc(Nc2nccc(NCc3cccnc3)n2)cc1. The first-order chi connectivity index (χ1) is 12.7. The lowest BCUT2D eigenvalue weighted by atomic mass is 10.2. The van der Waals surface area contributed by atoms with E-state index in [-0.39, 0.29) is 5.97 Å². The number of carbonyl (C=O) groups is 1. The van der Waals surface area contributed by atoms with Crippen molar-refractivity contribution in [2.24, 2.45) is 0 Å². The highest BCUT2D eigenvalue weighted by Gasteiger charge is 2.06. The number of hydrogen-bond acceptors (Lipinski definition) is 7. The van der Waals surface area contributed by atoms with Crippen LogP contribution in [0.2, 0.25) is 0 Å². The van der Waals surface area contributed by atoms with Gasteiger partial charge in [-0.3, -0.25) is 4.98 Å². The van der Waals surface area contributed by atoms with Crippen molar-refractivity contribution in [3.05, 3.63) is 72.2 Å². The molecule has 26 heavy (non-hydrogen) atoms. The normalized spacial score (nSPS) is 10.2. The van der Waals surface area contributed by atoms with Crippen molar-refractivity contribution in [2.75, 3.05) is 17.2 Å². The molecule has 0 aliphatic heterocycles. The third-order valence-corrected chi connectivity index (χ3v) is 3.50. The second-order valence-electron chi connectivity index (χ2n) is 5.40. The van der Waals surface area contributed by atoms with Gasteiger partial charge in [-0.2, -0.15) is 4.98 Å². The molecule has 3 aromatic rings. The van der Waals surface area contributed by atoms with Crippen molar-refractivity contribution in [1.29, 1.82) is 0 Å². The number of rotatable bonds is 7. The van der Waals surface area contributed by atoms with Crippen LogP contribution in [0.15, 0.2) is 61.1 Å². The maximum absolute atomic E-state index is 11.7. The van der Waals surface area contributed by atoms with Gasteiger partial charge in [-0.15, -0.1) is 0 Å². The van der Waals surface area contributed by atoms with Gasteiger partial charge < -0.3 is 15.4 Å². The Balaban J connectivity index is 1.62. The van der Waals surface area contributed by atoms with E-state index in [4.69, 9.17) is 4.74 Å². The highest BCUT2D eigenvalue weighted by Crippen LogP contribution is 2.16. The zero-order chi connectivity index (χ0) is 18.2. The summed E-state index contributed by atoms with van der Waals surface area (Å²) in [5.41, 5.74) is 2.35. The fourth-order valence-electron chi connectivity index (χ4n) is 2.25. The van der Waals surface area contributed by atoms with Gasteiger partial charge >= 0.3 is 5.97 Å². The molecule has 7 heteroatoms. The summed E-state index contributed by atoms with van der Waals surface area (Å²) in [6.45, 7) is 2.75. The Hall–Kier alpha value is -3.48. The van der Waals surface area contributed by atoms with Gasteiger partial charge in [0.1, 0.15) is 5.82 Å². The molecule has 0 spiro atoms. The lowest BCUT2D eigenvalue weighted by Gasteiger charge is -2.09. The third kappa shape index (κ3) is 4.76. The van der Waals surface area contributed by atoms with Crippen LogP contribution in [0.1, 0.15) is 22.8 Å². The number of anilines is 3. The minimum Gasteiger partial charge on any atom is -0.462 e. The van der Waals surface area contributed by atoms with Gasteiger partial charge in [0.2, 0.25) is 5.95 Å². The molecule has 0 unspecified atom stereocenters. The molecule has 0 bridgehead atoms. The summed E-state index contributed by atoms with van der Waals surface area (Å²) in [7, 11) is 0. The monoisotopic (exact) mass is 349 g/mol. The second kappa shape index (κ2) is 8.57. The van der Waals surface area contributed by atoms with Crippen LogP contribution in [0.5, 0.6) is 0 Å². The number of nitrogens with zero attached hydrogens (tertiary/aromatic N) is 3. The Bertz CT molecular complexity index is 853. The van der Waals surface area contributed by atoms with Gasteiger partial charge in [-0.05, 0) is 48.9 Å². The molecule has 3 rings (SSSR count). The number of ether oxygens (including phenoxy) is 1. The zero-order valence-electron chi connectivity index (χ0n) is 14.3. The van der Waals surface area contributed by atoms with Crippen molar-refractivity contribution in [1.82, 2.24) is 15.0 Å². The maximum atomic E-state index is 11.7. The Labute approximate surface area is 151 Å². The van der Waals surface area contributed by atoms with Crippen LogP contribution in [0.25, 0.3) is 0 Å². The largest absolute Gasteiger partial charge is 0.462 e. The van der Waals surface area contributed by atoms with E-state index in [9.17, 15) is 4.79 Å². The van der Waals surface area contributed by atoms with Crippen molar-refractivity contribution < 1.29 is 9.53 Å². The lowest BCUT2D eigenvalue weighted by molar-refractivity contribution is 0.0526. The molecule has 1 aromatic carbocycles. The predicted molar refractivity (Wildman–Crippen MR) is 99.3 cm³/mol. The molecular weight excluding hydrogens is 330 g/mol. The molecule has 0 saturated carbocycles. The van der Waals surface area contributed by atoms with Crippen LogP contribution in [-0.2, 0) is 11.3 Å². The molecule has 0 aliphatic carbocycles. The van der Waals surface area contributed by atoms with Crippen LogP contribution in [0.3, 0.4) is 0 Å². The van der Waals surface area contributed by atoms with Crippen LogP contribution in [-0.4, -0.2) is 27.5 Å². The predicted octanol–water partition coefficient (Wildman–Crippen LogP) is 3.40. The van der Waals surface area contributed by atoms with Gasteiger partial charge in [-0.1, -0.05) is 6.07 Å². The molecule has 0 saturated heterocycles. The maximum Gasteiger partial charge on any atom is 0.338 e. The fourth-order valence-corrected chi connectivity index (χ4v) is 2.25. The molecule has 7 nitrogen and oxygen atoms in total. The third-order valence-electron chi connectivity index (χ3n) is 3.50. The molecule has 0 fully saturated rings. The van der Waals surface area contributed by atoms with E-state index >= 15 is 0 Å². The van der Waals surface area contributed by atoms with Gasteiger partial charge in [0.25, 0.3) is 0 Å². The lowest BCUT2D eigenvalue weighted by Crippen LogP contribution is -2.05. The van der Waals surface area contributed by atoms with E-state index < -0.39 is 0 Å². The Kier molecular flexibility index (Phi) is 5.72. The number of pyridine rings is 1. The van der Waals surface area contributed by atoms with E-state index in [1.165, 1.54) is 0 Å². The summed E-state index contributed by atoms with van der Waals surface area (Å²) in [6, 6.07) is 12.6. The van der Waals surface area contributed by atoms with E-state index in [1.807, 2.05) is 12.1 Å². The van der Waals surface area contributed by atoms with Crippen LogP contribution in [0.4, 0.5) is 17.5 Å². The molecule has 0 radical (unpaired) electrons. The fraction of sp³-hybridized carbons (Fsp3) is 0.158. The molecule has 0 atom stereocenters. The number of hydrogen-bond donors (Lipinski definition) is 2. The van der Waals surface area contributed by atoms with E-state index in [1.54, 1.807) is 55.8 Å². The van der Waals surface area contributed by atoms with E-state index in [0.717, 1.165) is 11.3 Å². The summed E-state index contributed by atoms with van der Waals surface area (Å²) >= 11 is 0. The number of carbonyl (C=O) groups excluding carboxylic acids is 1. The summed E-state index contributed by atoms with van der Waals surface area (Å²) < 4.78 is 4.97. The van der Waals surface area contributed by atoms with Crippen LogP contribution in [0, 0.1) is 0 Å². The summed E-state index contributed by atoms with van der Waals surface area (Å²) in [6.07, 6.45) is 5.22. The Morgan fingerprint density at radius 2 is 1.96 bits per heavy atom. The topological polar surface area (TPSA) is 89.0 Å². The number of esters is 1. The summed E-state index contributed by atoms with van der Waals surface area (Å²) in [5.74, 6) is 0.830. The molecular formula is C19H19N5O2. The smallest absolute Gasteiger partial charge is 0.338 e. The quantitative estimate of drug-likeness (QED) is 0.632. The highest BCUT2D eigenvalue weighted by molar-refractivity contribution is 5.89. The van der Waals surface area contributed by atoms with Gasteiger partial charge in [0.15, 0.2) is 0 Å². The number of aromatic nitrogens is 3. The second-order valence-corrected chi connectivity index (χ2v) is 5.40. The number of nitrogens with one attached hydrogen (secondary N) is 2. The van der Waals surface area contributed by atoms with Crippen LogP contribution < -0.4 is 10.6 Å². The van der Waals surface area contributed by atoms with Gasteiger partial charge in [0.05, 0.1) is 12.2 Å².